The Labute approximate surface area is 22.7 Å². The molecule has 0 spiro atoms. The van der Waals surface area contributed by atoms with E-state index in [1.54, 1.807) is 0 Å². The second-order valence-corrected chi connectivity index (χ2v) is 0.192. The molecule has 0 aromatic rings. The highest BCUT2D eigenvalue weighted by Crippen LogP contribution is 1.37. The Hall–Kier alpha value is -0.570. The molecule has 0 unspecified atom stereocenters. The van der Waals surface area contributed by atoms with Crippen LogP contribution in [0.2, 0.25) is 0 Å². The zero-order chi connectivity index (χ0) is 3.41. The van der Waals surface area contributed by atoms with Gasteiger partial charge in [0.05, 0.1) is 0 Å². The van der Waals surface area contributed by atoms with Crippen LogP contribution in [0.1, 0.15) is 0 Å². The average Bonchev–Trinajstić information content (AvgIpc) is 1.37. The van der Waals surface area contributed by atoms with E-state index in [0.717, 1.165) is 0 Å². The highest BCUT2D eigenvalue weighted by atomic mass is 18.4. The number of hydrogen-bond acceptors (Lipinski definition) is 2. The largest absolute Gasteiger partial charge is 0.334 e. The van der Waals surface area contributed by atoms with E-state index in [-0.39, 0.29) is 6.47 Å². The lowest BCUT2D eigenvalue weighted by Gasteiger charge is -1.56. The summed E-state index contributed by atoms with van der Waals surface area (Å²) in [5.41, 5.74) is 0. The van der Waals surface area contributed by atoms with Crippen molar-refractivity contribution in [3.8, 4) is 0 Å². The average molecular weight is 63.0 g/mol. The van der Waals surface area contributed by atoms with E-state index < -0.39 is 0 Å². The summed E-state index contributed by atoms with van der Waals surface area (Å²) in [6, 6.07) is 0. The van der Waals surface area contributed by atoms with Gasteiger partial charge >= 0.3 is 6.47 Å². The highest BCUT2D eigenvalue weighted by molar-refractivity contribution is 5.35. The summed E-state index contributed by atoms with van der Waals surface area (Å²) in [5.74, 6) is 0. The molecule has 0 rings (SSSR count). The fourth-order valence-corrected chi connectivity index (χ4v) is 0. The molecule has 4 heavy (non-hydrogen) atoms. The zero-order valence-electron chi connectivity index (χ0n) is 1.80. The van der Waals surface area contributed by atoms with Gasteiger partial charge in [-0.05, 0) is 0 Å². The Morgan fingerprint density at radius 2 is 2.25 bits per heavy atom. The first-order valence-electron chi connectivity index (χ1n) is 0.638. The molecule has 0 aromatic carbocycles. The van der Waals surface area contributed by atoms with Crippen molar-refractivity contribution in [2.75, 3.05) is 0 Å². The predicted molar refractivity (Wildman–Crippen MR) is 7.84 cm³/mol. The fraction of sp³-hybridized carbons (Fsp3) is 0. The summed E-state index contributed by atoms with van der Waals surface area (Å²) in [6.07, 6.45) is 0. The van der Waals surface area contributed by atoms with Crippen LogP contribution in [-0.2, 0) is 14.9 Å². The van der Waals surface area contributed by atoms with E-state index in [2.05, 4.69) is 4.89 Å². The molecule has 23 valence electrons. The zero-order valence-corrected chi connectivity index (χ0v) is 1.80. The van der Waals surface area contributed by atoms with Gasteiger partial charge in [-0.25, -0.2) is 0 Å². The van der Waals surface area contributed by atoms with Gasteiger partial charge in [0, 0.05) is 5.26 Å². The van der Waals surface area contributed by atoms with Gasteiger partial charge in [-0.1, -0.05) is 0 Å². The van der Waals surface area contributed by atoms with Gasteiger partial charge in [-0.15, -0.1) is 0 Å². The van der Waals surface area contributed by atoms with Gasteiger partial charge in [0.1, 0.15) is 0 Å². The van der Waals surface area contributed by atoms with Gasteiger partial charge in [0.2, 0.25) is 0 Å². The third-order valence-electron chi connectivity index (χ3n) is 0.0393. The number of carbonyl (C=O) groups excluding carboxylic acids is 1. The van der Waals surface area contributed by atoms with Crippen molar-refractivity contribution < 1.29 is 14.9 Å². The Morgan fingerprint density at radius 3 is 2.25 bits per heavy atom. The van der Waals surface area contributed by atoms with Crippen LogP contribution in [0.15, 0.2) is 0 Å². The van der Waals surface area contributed by atoms with Crippen LogP contribution in [0.4, 0.5) is 0 Å². The minimum Gasteiger partial charge on any atom is -0.269 e. The summed E-state index contributed by atoms with van der Waals surface area (Å²) >= 11 is 0. The second-order valence-electron chi connectivity index (χ2n) is 0.192. The molecule has 0 heterocycles. The molecule has 0 saturated heterocycles. The molecule has 0 bridgehead atoms. The molecule has 0 aliphatic rings. The van der Waals surface area contributed by atoms with Crippen molar-refractivity contribution >= 4 is 6.47 Å². The van der Waals surface area contributed by atoms with Crippen LogP contribution >= 0.6 is 0 Å². The SMILES string of the molecule is O=CO[18O]. The molecule has 0 atom stereocenters. The van der Waals surface area contributed by atoms with E-state index in [4.69, 9.17) is 10.1 Å². The standard InChI is InChI=1S/CHO3/c2-1-4-3/h1H/i3+2. The Kier molecular flexibility index (Phi) is 2.08. The summed E-state index contributed by atoms with van der Waals surface area (Å²) in [4.78, 5) is 11.2. The molecule has 0 aromatic heterocycles. The summed E-state index contributed by atoms with van der Waals surface area (Å²) in [7, 11) is 0. The molecule has 3 heteroatoms. The topological polar surface area (TPSA) is 46.2 Å². The number of hydrogen-bond donors (Lipinski definition) is 0. The van der Waals surface area contributed by atoms with Crippen molar-refractivity contribution in [3.05, 3.63) is 0 Å². The van der Waals surface area contributed by atoms with Crippen molar-refractivity contribution in [2.45, 2.75) is 0 Å². The third kappa shape index (κ3) is 1.43. The van der Waals surface area contributed by atoms with E-state index in [1.165, 1.54) is 0 Å². The minimum atomic E-state index is -0.181. The monoisotopic (exact) mass is 63.0 g/mol. The first-order chi connectivity index (χ1) is 1.91. The third-order valence-corrected chi connectivity index (χ3v) is 0.0393. The van der Waals surface area contributed by atoms with Crippen LogP contribution in [0.3, 0.4) is 0 Å². The molecule has 1 radical (unpaired) electrons. The smallest absolute Gasteiger partial charge is 0.269 e. The molecule has 0 saturated carbocycles. The lowest BCUT2D eigenvalue weighted by molar-refractivity contribution is -0.264. The van der Waals surface area contributed by atoms with Crippen molar-refractivity contribution in [1.29, 1.82) is 0 Å². The van der Waals surface area contributed by atoms with E-state index in [0.29, 0.717) is 0 Å². The molecule has 3 nitrogen and oxygen atoms in total. The van der Waals surface area contributed by atoms with Gasteiger partial charge in [0.25, 0.3) is 0 Å². The van der Waals surface area contributed by atoms with Gasteiger partial charge in [0.15, 0.2) is 0 Å². The van der Waals surface area contributed by atoms with E-state index in [1.807, 2.05) is 0 Å². The van der Waals surface area contributed by atoms with Crippen molar-refractivity contribution in [2.24, 2.45) is 0 Å². The van der Waals surface area contributed by atoms with E-state index in [9.17, 15) is 0 Å². The van der Waals surface area contributed by atoms with Crippen molar-refractivity contribution in [1.82, 2.24) is 0 Å². The van der Waals surface area contributed by atoms with Gasteiger partial charge < -0.3 is 0 Å². The Morgan fingerprint density at radius 1 is 2.00 bits per heavy atom. The van der Waals surface area contributed by atoms with Gasteiger partial charge in [-0.3, -0.25) is 9.68 Å². The lowest BCUT2D eigenvalue weighted by Crippen LogP contribution is -1.66. The predicted octanol–water partition coefficient (Wildman–Crippen LogP) is -0.495. The Balaban J connectivity index is 2.30. The maximum atomic E-state index is 8.64. The molecule has 0 aliphatic heterocycles. The normalized spacial score (nSPS) is 5.25. The molecule has 0 fully saturated rings. The fourth-order valence-electron chi connectivity index (χ4n) is 0. The molecular weight excluding hydrogens is 62.0 g/mol. The molecule has 0 aliphatic carbocycles. The van der Waals surface area contributed by atoms with Crippen LogP contribution < -0.4 is 0 Å². The highest BCUT2D eigenvalue weighted by Gasteiger charge is 1.52. The second kappa shape index (κ2) is 2.43. The Bertz CT molecular complexity index is 17.2. The first kappa shape index (κ1) is 3.43. The van der Waals surface area contributed by atoms with Crippen LogP contribution in [0, 0.1) is 0 Å². The molecular formula is CHO3. The van der Waals surface area contributed by atoms with Crippen LogP contribution in [0.25, 0.3) is 0 Å². The maximum Gasteiger partial charge on any atom is 0.334 e. The lowest BCUT2D eigenvalue weighted by atomic mass is 11.7. The summed E-state index contributed by atoms with van der Waals surface area (Å²) in [5, 5.41) is 8.43. The van der Waals surface area contributed by atoms with Crippen molar-refractivity contribution in [3.63, 3.8) is 0 Å². The first-order valence-corrected chi connectivity index (χ1v) is 0.638. The van der Waals surface area contributed by atoms with Crippen LogP contribution in [-0.4, -0.2) is 6.47 Å². The van der Waals surface area contributed by atoms with Crippen LogP contribution in [0.5, 0.6) is 0 Å². The quantitative estimate of drug-likeness (QED) is 0.178. The molecule has 0 amide bonds. The number of carbonyl (C=O) groups is 1. The maximum absolute atomic E-state index is 8.64. The van der Waals surface area contributed by atoms with E-state index >= 15 is 0 Å². The van der Waals surface area contributed by atoms with Gasteiger partial charge in [-0.2, -0.15) is 0 Å². The summed E-state index contributed by atoms with van der Waals surface area (Å²) < 4.78 is 0. The molecule has 0 N–H and O–H groups in total. The number of rotatable bonds is 1. The summed E-state index contributed by atoms with van der Waals surface area (Å²) in [6.45, 7) is -0.181. The minimum absolute atomic E-state index is 0.181.